The number of aryl methyl sites for hydroxylation is 1. The normalized spacial score (nSPS) is 12.6. The summed E-state index contributed by atoms with van der Waals surface area (Å²) in [5.74, 6) is -1.02. The van der Waals surface area contributed by atoms with Gasteiger partial charge in [0.05, 0.1) is 6.54 Å². The lowest BCUT2D eigenvalue weighted by Crippen LogP contribution is -2.47. The molecule has 1 aromatic heterocycles. The molecule has 142 valence electrons. The van der Waals surface area contributed by atoms with Crippen molar-refractivity contribution >= 4 is 23.5 Å². The minimum Gasteiger partial charge on any atom is -0.758 e. The van der Waals surface area contributed by atoms with Gasteiger partial charge in [-0.2, -0.15) is 4.57 Å². The van der Waals surface area contributed by atoms with Gasteiger partial charge in [0.25, 0.3) is 0 Å². The van der Waals surface area contributed by atoms with Crippen LogP contribution in [0, 0.1) is 18.6 Å². The van der Waals surface area contributed by atoms with Gasteiger partial charge in [0.1, 0.15) is 11.6 Å². The Morgan fingerprint density at radius 1 is 1.04 bits per heavy atom. The van der Waals surface area contributed by atoms with Crippen molar-refractivity contribution in [1.29, 1.82) is 0 Å². The van der Waals surface area contributed by atoms with Crippen LogP contribution in [0.25, 0.3) is 0 Å². The molecule has 0 aliphatic rings. The average molecular weight is 396 g/mol. The number of carbonyl (C=O) groups excluding carboxylic acids is 1. The molecule has 0 amide bonds. The van der Waals surface area contributed by atoms with Crippen molar-refractivity contribution in [3.63, 3.8) is 0 Å². The van der Waals surface area contributed by atoms with Crippen LogP contribution in [0.1, 0.15) is 27.5 Å². The zero-order chi connectivity index (χ0) is 20.1. The summed E-state index contributed by atoms with van der Waals surface area (Å²) in [5.41, 5.74) is 2.09. The van der Waals surface area contributed by atoms with Crippen molar-refractivity contribution in [2.45, 2.75) is 19.5 Å². The summed E-state index contributed by atoms with van der Waals surface area (Å²) in [6.07, 6.45) is 3.56. The standard InChI is InChI=1S/C22H18F2N2OS/c1-15-3-2-12-26(14-15)20(21(27)17-6-10-19(24)11-7-17)22(28)25-13-16-4-8-18(23)9-5-16/h2-12,14,20H,13H2,1H3/t20-/m1/s1. The Morgan fingerprint density at radius 3 is 2.25 bits per heavy atom. The van der Waals surface area contributed by atoms with E-state index in [1.807, 2.05) is 25.3 Å². The van der Waals surface area contributed by atoms with Crippen molar-refractivity contribution in [2.75, 3.05) is 0 Å². The maximum atomic E-state index is 13.2. The minimum atomic E-state index is -0.833. The van der Waals surface area contributed by atoms with Crippen molar-refractivity contribution in [3.8, 4) is 0 Å². The van der Waals surface area contributed by atoms with E-state index >= 15 is 0 Å². The van der Waals surface area contributed by atoms with Crippen molar-refractivity contribution in [1.82, 2.24) is 0 Å². The molecule has 6 heteroatoms. The van der Waals surface area contributed by atoms with Crippen molar-refractivity contribution in [2.24, 2.45) is 4.99 Å². The third kappa shape index (κ3) is 4.84. The fraction of sp³-hybridized carbons (Fsp3) is 0.136. The summed E-state index contributed by atoms with van der Waals surface area (Å²) in [6, 6.07) is 14.2. The molecule has 3 nitrogen and oxygen atoms in total. The molecular weight excluding hydrogens is 378 g/mol. The van der Waals surface area contributed by atoms with E-state index in [0.29, 0.717) is 5.56 Å². The average Bonchev–Trinajstić information content (AvgIpc) is 2.68. The molecule has 2 aromatic carbocycles. The highest BCUT2D eigenvalue weighted by atomic mass is 32.1. The Hall–Kier alpha value is -2.99. The number of carbonyl (C=O) groups is 1. The Labute approximate surface area is 167 Å². The van der Waals surface area contributed by atoms with E-state index in [0.717, 1.165) is 11.1 Å². The highest BCUT2D eigenvalue weighted by Crippen LogP contribution is 2.14. The Bertz CT molecular complexity index is 1000. The molecule has 0 aliphatic heterocycles. The predicted octanol–water partition coefficient (Wildman–Crippen LogP) is 4.13. The van der Waals surface area contributed by atoms with Crippen molar-refractivity contribution in [3.05, 3.63) is 101 Å². The zero-order valence-corrected chi connectivity index (χ0v) is 16.0. The number of ketones is 1. The molecule has 0 N–H and O–H groups in total. The Balaban J connectivity index is 1.95. The number of pyridine rings is 1. The van der Waals surface area contributed by atoms with Gasteiger partial charge in [-0.15, -0.1) is 0 Å². The summed E-state index contributed by atoms with van der Waals surface area (Å²) in [5, 5.41) is 0.203. The van der Waals surface area contributed by atoms with Gasteiger partial charge in [-0.1, -0.05) is 12.1 Å². The number of nitrogens with zero attached hydrogens (tertiary/aromatic N) is 2. The van der Waals surface area contributed by atoms with Gasteiger partial charge in [0, 0.05) is 17.2 Å². The first kappa shape index (κ1) is 19.8. The third-order valence-corrected chi connectivity index (χ3v) is 4.56. The lowest BCUT2D eigenvalue weighted by molar-refractivity contribution is -0.692. The maximum absolute atomic E-state index is 13.2. The number of benzene rings is 2. The quantitative estimate of drug-likeness (QED) is 0.206. The van der Waals surface area contributed by atoms with Crippen LogP contribution in [0.2, 0.25) is 0 Å². The van der Waals surface area contributed by atoms with Crippen LogP contribution in [-0.2, 0) is 19.2 Å². The molecule has 0 saturated carbocycles. The van der Waals surface area contributed by atoms with Crippen LogP contribution >= 0.6 is 0 Å². The number of hydrogen-bond donors (Lipinski definition) is 0. The molecular formula is C22H18F2N2OS. The first-order valence-electron chi connectivity index (χ1n) is 8.67. The van der Waals surface area contributed by atoms with E-state index in [2.05, 4.69) is 4.99 Å². The smallest absolute Gasteiger partial charge is 0.237 e. The van der Waals surface area contributed by atoms with Gasteiger partial charge in [0.2, 0.25) is 11.8 Å². The van der Waals surface area contributed by atoms with Crippen LogP contribution in [-0.4, -0.2) is 10.8 Å². The molecule has 0 saturated heterocycles. The van der Waals surface area contributed by atoms with E-state index in [9.17, 15) is 13.6 Å². The molecule has 0 radical (unpaired) electrons. The second kappa shape index (κ2) is 8.80. The minimum absolute atomic E-state index is 0.203. The lowest BCUT2D eigenvalue weighted by Gasteiger charge is -2.19. The molecule has 0 aliphatic carbocycles. The van der Waals surface area contributed by atoms with Gasteiger partial charge in [0.15, 0.2) is 12.4 Å². The molecule has 3 rings (SSSR count). The van der Waals surface area contributed by atoms with E-state index in [-0.39, 0.29) is 23.2 Å². The number of aliphatic imine (C=N–C) groups is 1. The summed E-state index contributed by atoms with van der Waals surface area (Å²) in [7, 11) is 0. The van der Waals surface area contributed by atoms with Gasteiger partial charge in [-0.3, -0.25) is 4.79 Å². The van der Waals surface area contributed by atoms with E-state index in [4.69, 9.17) is 12.6 Å². The molecule has 3 aromatic rings. The monoisotopic (exact) mass is 396 g/mol. The highest BCUT2D eigenvalue weighted by Gasteiger charge is 2.28. The molecule has 0 unspecified atom stereocenters. The SMILES string of the molecule is Cc1ccc[n+]([C@H](C(=O)c2ccc(F)cc2)C([S-])=NCc2ccc(F)cc2)c1. The van der Waals surface area contributed by atoms with E-state index < -0.39 is 11.9 Å². The highest BCUT2D eigenvalue weighted by molar-refractivity contribution is 7.77. The fourth-order valence-corrected chi connectivity index (χ4v) is 3.06. The second-order valence-electron chi connectivity index (χ2n) is 6.38. The number of halogens is 2. The molecule has 1 heterocycles. The van der Waals surface area contributed by atoms with Crippen LogP contribution < -0.4 is 4.57 Å². The van der Waals surface area contributed by atoms with Crippen LogP contribution in [0.5, 0.6) is 0 Å². The first-order chi connectivity index (χ1) is 13.4. The Morgan fingerprint density at radius 2 is 1.64 bits per heavy atom. The molecule has 0 spiro atoms. The second-order valence-corrected chi connectivity index (χ2v) is 6.80. The largest absolute Gasteiger partial charge is 0.758 e. The molecule has 0 fully saturated rings. The summed E-state index contributed by atoms with van der Waals surface area (Å²) < 4.78 is 28.0. The van der Waals surface area contributed by atoms with E-state index in [1.54, 1.807) is 22.9 Å². The first-order valence-corrected chi connectivity index (χ1v) is 9.08. The maximum Gasteiger partial charge on any atom is 0.237 e. The number of Topliss-reactive ketones (excluding diaryl/α,β-unsaturated/α-hetero) is 1. The lowest BCUT2D eigenvalue weighted by atomic mass is 10.0. The Kier molecular flexibility index (Phi) is 6.21. The van der Waals surface area contributed by atoms with Crippen molar-refractivity contribution < 1.29 is 18.1 Å². The fourth-order valence-electron chi connectivity index (χ4n) is 2.77. The third-order valence-electron chi connectivity index (χ3n) is 4.21. The summed E-state index contributed by atoms with van der Waals surface area (Å²) >= 11 is 5.47. The molecule has 0 bridgehead atoms. The van der Waals surface area contributed by atoms with Gasteiger partial charge in [-0.05, 0) is 60.0 Å². The van der Waals surface area contributed by atoms with Gasteiger partial charge >= 0.3 is 0 Å². The van der Waals surface area contributed by atoms with Crippen LogP contribution in [0.3, 0.4) is 0 Å². The van der Waals surface area contributed by atoms with Gasteiger partial charge < -0.3 is 17.6 Å². The number of aromatic nitrogens is 1. The summed E-state index contributed by atoms with van der Waals surface area (Å²) in [6.45, 7) is 2.15. The number of hydrogen-bond acceptors (Lipinski definition) is 3. The van der Waals surface area contributed by atoms with E-state index in [1.165, 1.54) is 36.4 Å². The molecule has 28 heavy (non-hydrogen) atoms. The zero-order valence-electron chi connectivity index (χ0n) is 15.2. The van der Waals surface area contributed by atoms with Crippen LogP contribution in [0.4, 0.5) is 8.78 Å². The molecule has 1 atom stereocenters. The predicted molar refractivity (Wildman–Crippen MR) is 106 cm³/mol. The topological polar surface area (TPSA) is 33.3 Å². The van der Waals surface area contributed by atoms with Crippen LogP contribution in [0.15, 0.2) is 78.0 Å². The summed E-state index contributed by atoms with van der Waals surface area (Å²) in [4.78, 5) is 17.5. The van der Waals surface area contributed by atoms with Gasteiger partial charge in [-0.25, -0.2) is 8.78 Å². The number of rotatable bonds is 6.